The van der Waals surface area contributed by atoms with Gasteiger partial charge in [0.2, 0.25) is 10.0 Å². The first-order chi connectivity index (χ1) is 15.2. The van der Waals surface area contributed by atoms with Gasteiger partial charge in [0.1, 0.15) is 18.6 Å². The molecule has 1 unspecified atom stereocenters. The van der Waals surface area contributed by atoms with Crippen molar-refractivity contribution in [3.63, 3.8) is 0 Å². The number of anilines is 1. The average Bonchev–Trinajstić information content (AvgIpc) is 2.80. The van der Waals surface area contributed by atoms with Gasteiger partial charge in [-0.1, -0.05) is 17.7 Å². The molecule has 0 spiro atoms. The number of nitrogens with zero attached hydrogens (tertiary/aromatic N) is 1. The number of sulfonamides is 1. The van der Waals surface area contributed by atoms with Gasteiger partial charge in [0.15, 0.2) is 0 Å². The number of benzene rings is 2. The summed E-state index contributed by atoms with van der Waals surface area (Å²) in [6, 6.07) is 10.7. The molecule has 7 nitrogen and oxygen atoms in total. The van der Waals surface area contributed by atoms with Crippen molar-refractivity contribution in [3.8, 4) is 5.75 Å². The van der Waals surface area contributed by atoms with Crippen LogP contribution in [0, 0.1) is 0 Å². The van der Waals surface area contributed by atoms with Crippen LogP contribution in [0.4, 0.5) is 5.69 Å². The van der Waals surface area contributed by atoms with Gasteiger partial charge in [-0.05, 0) is 74.6 Å². The van der Waals surface area contributed by atoms with E-state index in [1.54, 1.807) is 25.3 Å². The Kier molecular flexibility index (Phi) is 8.03. The van der Waals surface area contributed by atoms with Crippen LogP contribution < -0.4 is 14.4 Å². The maximum absolute atomic E-state index is 12.6. The van der Waals surface area contributed by atoms with Crippen molar-refractivity contribution < 1.29 is 22.7 Å². The Hall–Kier alpha value is -2.29. The lowest BCUT2D eigenvalue weighted by Crippen LogP contribution is -2.36. The van der Waals surface area contributed by atoms with E-state index >= 15 is 0 Å². The van der Waals surface area contributed by atoms with Crippen LogP contribution in [-0.2, 0) is 27.8 Å². The molecular weight excluding hydrogens is 452 g/mol. The molecule has 1 amide bonds. The molecule has 0 bridgehead atoms. The Morgan fingerprint density at radius 3 is 2.72 bits per heavy atom. The number of carbonyl (C=O) groups is 1. The first-order valence-electron chi connectivity index (χ1n) is 10.6. The van der Waals surface area contributed by atoms with Crippen molar-refractivity contribution in [2.45, 2.75) is 45.9 Å². The molecule has 1 aliphatic rings. The summed E-state index contributed by atoms with van der Waals surface area (Å²) in [4.78, 5) is 14.6. The monoisotopic (exact) mass is 480 g/mol. The SMILES string of the molecule is CCS(=O)(=O)NC(=O)c1ccc2c(c1)N(C(C)OC)CCCCc1cc(Cl)ccc1CO2. The van der Waals surface area contributed by atoms with E-state index in [-0.39, 0.29) is 17.5 Å². The van der Waals surface area contributed by atoms with Crippen LogP contribution in [0.1, 0.15) is 48.2 Å². The number of fused-ring (bicyclic) bond motifs is 2. The van der Waals surface area contributed by atoms with E-state index in [9.17, 15) is 13.2 Å². The number of methoxy groups -OCH3 is 1. The second-order valence-electron chi connectivity index (χ2n) is 7.70. The number of aryl methyl sites for hydroxylation is 1. The Bertz CT molecular complexity index is 1070. The van der Waals surface area contributed by atoms with E-state index in [2.05, 4.69) is 4.72 Å². The van der Waals surface area contributed by atoms with Crippen LogP contribution in [0.25, 0.3) is 0 Å². The van der Waals surface area contributed by atoms with Gasteiger partial charge in [-0.15, -0.1) is 0 Å². The quantitative estimate of drug-likeness (QED) is 0.692. The maximum Gasteiger partial charge on any atom is 0.264 e. The van der Waals surface area contributed by atoms with Crippen LogP contribution in [-0.4, -0.2) is 40.0 Å². The van der Waals surface area contributed by atoms with Crippen molar-refractivity contribution in [1.29, 1.82) is 0 Å². The molecule has 0 aromatic heterocycles. The summed E-state index contributed by atoms with van der Waals surface area (Å²) in [5.74, 6) is -0.260. The van der Waals surface area contributed by atoms with E-state index in [1.807, 2.05) is 30.0 Å². The zero-order valence-corrected chi connectivity index (χ0v) is 20.1. The molecule has 32 heavy (non-hydrogen) atoms. The molecule has 2 aromatic carbocycles. The van der Waals surface area contributed by atoms with Gasteiger partial charge >= 0.3 is 0 Å². The Balaban J connectivity index is 2.00. The maximum atomic E-state index is 12.6. The molecule has 9 heteroatoms. The predicted octanol–water partition coefficient (Wildman–Crippen LogP) is 4.13. The van der Waals surface area contributed by atoms with Crippen molar-refractivity contribution in [1.82, 2.24) is 4.72 Å². The fraction of sp³-hybridized carbons (Fsp3) is 0.435. The Morgan fingerprint density at radius 1 is 1.22 bits per heavy atom. The van der Waals surface area contributed by atoms with E-state index in [4.69, 9.17) is 21.1 Å². The number of halogens is 1. The third-order valence-electron chi connectivity index (χ3n) is 5.59. The third kappa shape index (κ3) is 5.94. The fourth-order valence-electron chi connectivity index (χ4n) is 3.62. The minimum absolute atomic E-state index is 0.178. The van der Waals surface area contributed by atoms with Gasteiger partial charge < -0.3 is 14.4 Å². The molecule has 1 N–H and O–H groups in total. The lowest BCUT2D eigenvalue weighted by molar-refractivity contribution is 0.0980. The van der Waals surface area contributed by atoms with E-state index in [0.29, 0.717) is 29.6 Å². The Labute approximate surface area is 194 Å². The molecule has 0 fully saturated rings. The zero-order valence-electron chi connectivity index (χ0n) is 18.6. The number of amides is 1. The summed E-state index contributed by atoms with van der Waals surface area (Å²) in [7, 11) is -2.04. The molecule has 0 aliphatic carbocycles. The Morgan fingerprint density at radius 2 is 2.00 bits per heavy atom. The van der Waals surface area contributed by atoms with Crippen molar-refractivity contribution in [3.05, 3.63) is 58.1 Å². The summed E-state index contributed by atoms with van der Waals surface area (Å²) >= 11 is 6.20. The summed E-state index contributed by atoms with van der Waals surface area (Å²) in [6.07, 6.45) is 2.45. The number of ether oxygens (including phenoxy) is 2. The topological polar surface area (TPSA) is 84.9 Å². The second kappa shape index (κ2) is 10.6. The van der Waals surface area contributed by atoms with Crippen molar-refractivity contribution >= 4 is 33.2 Å². The number of hydrogen-bond donors (Lipinski definition) is 1. The van der Waals surface area contributed by atoms with Crippen molar-refractivity contribution in [2.24, 2.45) is 0 Å². The van der Waals surface area contributed by atoms with Gasteiger partial charge in [0, 0.05) is 24.2 Å². The molecule has 3 rings (SSSR count). The number of carbonyl (C=O) groups excluding carboxylic acids is 1. The van der Waals surface area contributed by atoms with Gasteiger partial charge in [0.05, 0.1) is 11.4 Å². The van der Waals surface area contributed by atoms with Crippen LogP contribution in [0.15, 0.2) is 36.4 Å². The lowest BCUT2D eigenvalue weighted by atomic mass is 10.0. The molecule has 0 radical (unpaired) electrons. The second-order valence-corrected chi connectivity index (χ2v) is 10.2. The standard InChI is InChI=1S/C23H29ClN2O5S/c1-4-32(28,29)25-23(27)18-9-11-22-21(14-18)26(16(2)30-3)12-6-5-7-17-13-20(24)10-8-19(17)15-31-22/h8-11,13-14,16H,4-7,12,15H2,1-3H3,(H,25,27). The van der Waals surface area contributed by atoms with Crippen molar-refractivity contribution in [2.75, 3.05) is 24.3 Å². The predicted molar refractivity (Wildman–Crippen MR) is 126 cm³/mol. The zero-order chi connectivity index (χ0) is 23.3. The highest BCUT2D eigenvalue weighted by Gasteiger charge is 2.22. The highest BCUT2D eigenvalue weighted by Crippen LogP contribution is 2.33. The molecule has 1 atom stereocenters. The molecule has 2 aromatic rings. The third-order valence-corrected chi connectivity index (χ3v) is 7.08. The number of nitrogens with one attached hydrogen (secondary N) is 1. The molecule has 174 valence electrons. The first kappa shape index (κ1) is 24.4. The highest BCUT2D eigenvalue weighted by atomic mass is 35.5. The average molecular weight is 481 g/mol. The molecular formula is C23H29ClN2O5S. The molecule has 1 heterocycles. The van der Waals surface area contributed by atoms with Crippen LogP contribution in [0.2, 0.25) is 5.02 Å². The summed E-state index contributed by atoms with van der Waals surface area (Å²) in [5.41, 5.74) is 3.13. The molecule has 0 saturated heterocycles. The summed E-state index contributed by atoms with van der Waals surface area (Å²) in [6.45, 7) is 4.43. The van der Waals surface area contributed by atoms with Crippen LogP contribution in [0.3, 0.4) is 0 Å². The normalized spacial score (nSPS) is 15.6. The lowest BCUT2D eigenvalue weighted by Gasteiger charge is -2.32. The smallest absolute Gasteiger partial charge is 0.264 e. The first-order valence-corrected chi connectivity index (χ1v) is 12.7. The molecule has 0 saturated carbocycles. The summed E-state index contributed by atoms with van der Waals surface area (Å²) < 4.78 is 37.6. The largest absolute Gasteiger partial charge is 0.487 e. The minimum atomic E-state index is -3.67. The number of rotatable bonds is 5. The van der Waals surface area contributed by atoms with Gasteiger partial charge in [-0.2, -0.15) is 0 Å². The van der Waals surface area contributed by atoms with E-state index < -0.39 is 15.9 Å². The fourth-order valence-corrected chi connectivity index (χ4v) is 4.36. The minimum Gasteiger partial charge on any atom is -0.487 e. The number of hydrogen-bond acceptors (Lipinski definition) is 6. The van der Waals surface area contributed by atoms with Crippen LogP contribution in [0.5, 0.6) is 5.75 Å². The van der Waals surface area contributed by atoms with Crippen LogP contribution >= 0.6 is 11.6 Å². The van der Waals surface area contributed by atoms with Gasteiger partial charge in [-0.25, -0.2) is 13.1 Å². The molecule has 1 aliphatic heterocycles. The van der Waals surface area contributed by atoms with E-state index in [1.165, 1.54) is 6.92 Å². The van der Waals surface area contributed by atoms with E-state index in [0.717, 1.165) is 30.4 Å². The summed E-state index contributed by atoms with van der Waals surface area (Å²) in [5, 5.41) is 0.700. The van der Waals surface area contributed by atoms with Gasteiger partial charge in [-0.3, -0.25) is 4.79 Å². The highest BCUT2D eigenvalue weighted by molar-refractivity contribution is 7.90. The van der Waals surface area contributed by atoms with Gasteiger partial charge in [0.25, 0.3) is 5.91 Å².